The van der Waals surface area contributed by atoms with Crippen LogP contribution in [0.2, 0.25) is 0 Å². The predicted molar refractivity (Wildman–Crippen MR) is 143 cm³/mol. The number of carbonyl (C=O) groups excluding carboxylic acids is 2. The summed E-state index contributed by atoms with van der Waals surface area (Å²) < 4.78 is 5.82. The van der Waals surface area contributed by atoms with Gasteiger partial charge in [-0.2, -0.15) is 0 Å². The summed E-state index contributed by atoms with van der Waals surface area (Å²) >= 11 is 1.19. The van der Waals surface area contributed by atoms with Crippen molar-refractivity contribution in [3.05, 3.63) is 70.9 Å². The van der Waals surface area contributed by atoms with Crippen LogP contribution in [0.4, 0.5) is 0 Å². The number of amides is 1. The van der Waals surface area contributed by atoms with Crippen LogP contribution in [0.5, 0.6) is 5.75 Å². The van der Waals surface area contributed by atoms with E-state index in [0.717, 1.165) is 37.0 Å². The summed E-state index contributed by atoms with van der Waals surface area (Å²) in [6, 6.07) is 7.69. The molecule has 1 amide bonds. The van der Waals surface area contributed by atoms with E-state index in [1.807, 2.05) is 24.3 Å². The summed E-state index contributed by atoms with van der Waals surface area (Å²) in [6.07, 6.45) is 14.5. The average molecular weight is 470 g/mol. The molecule has 0 bridgehead atoms. The van der Waals surface area contributed by atoms with Crippen molar-refractivity contribution in [2.75, 3.05) is 18.9 Å². The van der Waals surface area contributed by atoms with Gasteiger partial charge in [-0.15, -0.1) is 0 Å². The van der Waals surface area contributed by atoms with E-state index in [4.69, 9.17) is 4.74 Å². The van der Waals surface area contributed by atoms with E-state index >= 15 is 0 Å². The Morgan fingerprint density at radius 3 is 2.18 bits per heavy atom. The average Bonchev–Trinajstić information content (AvgIpc) is 2.76. The van der Waals surface area contributed by atoms with Crippen LogP contribution < -0.4 is 10.1 Å². The SMILES string of the molecule is CC(=O)NCCSC(=O)/C=C/c1ccc(OC/C=C(\C)CC/C=C(\C)CCC=C(C)C)cc1. The number of hydrogen-bond donors (Lipinski definition) is 1. The smallest absolute Gasteiger partial charge is 0.216 e. The van der Waals surface area contributed by atoms with Crippen LogP contribution in [0.1, 0.15) is 65.9 Å². The topological polar surface area (TPSA) is 55.4 Å². The second kappa shape index (κ2) is 17.0. The lowest BCUT2D eigenvalue weighted by atomic mass is 10.1. The summed E-state index contributed by atoms with van der Waals surface area (Å²) in [5.41, 5.74) is 5.11. The molecule has 0 spiro atoms. The molecule has 4 nitrogen and oxygen atoms in total. The minimum absolute atomic E-state index is 0.0285. The Kier molecular flexibility index (Phi) is 14.7. The van der Waals surface area contributed by atoms with Gasteiger partial charge < -0.3 is 10.1 Å². The Labute approximate surface area is 204 Å². The van der Waals surface area contributed by atoms with Gasteiger partial charge in [0.15, 0.2) is 0 Å². The summed E-state index contributed by atoms with van der Waals surface area (Å²) in [7, 11) is 0. The van der Waals surface area contributed by atoms with Crippen molar-refractivity contribution in [2.45, 2.75) is 60.3 Å². The number of allylic oxidation sites excluding steroid dienone is 5. The molecular formula is C28H39NO3S. The molecular weight excluding hydrogens is 430 g/mol. The maximum absolute atomic E-state index is 11.8. The van der Waals surface area contributed by atoms with Gasteiger partial charge in [0.05, 0.1) is 0 Å². The molecule has 5 heteroatoms. The molecule has 0 aliphatic rings. The highest BCUT2D eigenvalue weighted by atomic mass is 32.2. The van der Waals surface area contributed by atoms with Crippen molar-refractivity contribution in [1.29, 1.82) is 0 Å². The second-order valence-electron chi connectivity index (χ2n) is 8.32. The second-order valence-corrected chi connectivity index (χ2v) is 9.42. The highest BCUT2D eigenvalue weighted by molar-refractivity contribution is 8.14. The molecule has 0 unspecified atom stereocenters. The number of nitrogens with one attached hydrogen (secondary N) is 1. The largest absolute Gasteiger partial charge is 0.490 e. The number of thioether (sulfide) groups is 1. The normalized spacial score (nSPS) is 12.0. The lowest BCUT2D eigenvalue weighted by molar-refractivity contribution is -0.118. The van der Waals surface area contributed by atoms with E-state index < -0.39 is 0 Å². The lowest BCUT2D eigenvalue weighted by Gasteiger charge is -2.05. The maximum atomic E-state index is 11.8. The Morgan fingerprint density at radius 2 is 1.55 bits per heavy atom. The minimum atomic E-state index is -0.0833. The van der Waals surface area contributed by atoms with Gasteiger partial charge in [-0.05, 0) is 83.2 Å². The van der Waals surface area contributed by atoms with Crippen molar-refractivity contribution >= 4 is 28.9 Å². The summed E-state index contributed by atoms with van der Waals surface area (Å²) in [5, 5.41) is 2.64. The monoisotopic (exact) mass is 469 g/mol. The maximum Gasteiger partial charge on any atom is 0.216 e. The zero-order chi connectivity index (χ0) is 24.5. The number of hydrogen-bond acceptors (Lipinski definition) is 4. The quantitative estimate of drug-likeness (QED) is 0.183. The van der Waals surface area contributed by atoms with E-state index in [9.17, 15) is 9.59 Å². The van der Waals surface area contributed by atoms with E-state index in [-0.39, 0.29) is 11.0 Å². The molecule has 0 aromatic heterocycles. The van der Waals surface area contributed by atoms with E-state index in [0.29, 0.717) is 18.9 Å². The lowest BCUT2D eigenvalue weighted by Crippen LogP contribution is -2.22. The van der Waals surface area contributed by atoms with E-state index in [2.05, 4.69) is 51.2 Å². The van der Waals surface area contributed by atoms with Crippen LogP contribution in [0.15, 0.2) is 65.3 Å². The number of rotatable bonds is 14. The van der Waals surface area contributed by atoms with Crippen LogP contribution >= 0.6 is 11.8 Å². The number of ether oxygens (including phenoxy) is 1. The van der Waals surface area contributed by atoms with Gasteiger partial charge in [0.25, 0.3) is 0 Å². The van der Waals surface area contributed by atoms with Crippen LogP contribution in [-0.4, -0.2) is 29.9 Å². The molecule has 0 radical (unpaired) electrons. The van der Waals surface area contributed by atoms with Gasteiger partial charge in [-0.3, -0.25) is 9.59 Å². The Bertz CT molecular complexity index is 860. The van der Waals surface area contributed by atoms with Crippen LogP contribution in [-0.2, 0) is 9.59 Å². The van der Waals surface area contributed by atoms with Crippen molar-refractivity contribution in [3.8, 4) is 5.75 Å². The molecule has 0 aliphatic carbocycles. The third-order valence-electron chi connectivity index (χ3n) is 4.82. The van der Waals surface area contributed by atoms with Crippen molar-refractivity contribution in [2.24, 2.45) is 0 Å². The molecule has 0 saturated carbocycles. The fraction of sp³-hybridized carbons (Fsp3) is 0.429. The standard InChI is InChI=1S/C28H39NO3S/c1-22(2)8-6-9-23(3)10-7-11-24(4)18-20-32-27-15-12-26(13-16-27)14-17-28(31)33-21-19-29-25(5)30/h8,10,12-18H,6-7,9,11,19-21H2,1-5H3,(H,29,30)/b17-14+,23-10+,24-18+. The molecule has 0 heterocycles. The van der Waals surface area contributed by atoms with Gasteiger partial charge in [-0.1, -0.05) is 58.8 Å². The highest BCUT2D eigenvalue weighted by Crippen LogP contribution is 2.15. The molecule has 1 rings (SSSR count). The molecule has 1 aromatic carbocycles. The molecule has 180 valence electrons. The Morgan fingerprint density at radius 1 is 0.909 bits per heavy atom. The van der Waals surface area contributed by atoms with Gasteiger partial charge in [-0.25, -0.2) is 0 Å². The summed E-state index contributed by atoms with van der Waals surface area (Å²) in [6.45, 7) is 11.2. The predicted octanol–water partition coefficient (Wildman–Crippen LogP) is 6.89. The van der Waals surface area contributed by atoms with Gasteiger partial charge in [0.2, 0.25) is 11.0 Å². The first-order valence-corrected chi connectivity index (χ1v) is 12.5. The molecule has 0 fully saturated rings. The molecule has 0 saturated heterocycles. The molecule has 1 aromatic rings. The zero-order valence-corrected chi connectivity index (χ0v) is 21.6. The van der Waals surface area contributed by atoms with E-state index in [1.54, 1.807) is 12.2 Å². The third-order valence-corrected chi connectivity index (χ3v) is 5.65. The van der Waals surface area contributed by atoms with Crippen LogP contribution in [0.25, 0.3) is 6.08 Å². The first-order chi connectivity index (χ1) is 15.8. The first kappa shape index (κ1) is 28.5. The van der Waals surface area contributed by atoms with Crippen molar-refractivity contribution in [1.82, 2.24) is 5.32 Å². The summed E-state index contributed by atoms with van der Waals surface area (Å²) in [5.74, 6) is 1.29. The zero-order valence-electron chi connectivity index (χ0n) is 20.8. The Balaban J connectivity index is 2.32. The fourth-order valence-electron chi connectivity index (χ4n) is 2.89. The summed E-state index contributed by atoms with van der Waals surface area (Å²) in [4.78, 5) is 22.6. The molecule has 0 atom stereocenters. The fourth-order valence-corrected chi connectivity index (χ4v) is 3.45. The van der Waals surface area contributed by atoms with Crippen molar-refractivity contribution in [3.63, 3.8) is 0 Å². The van der Waals surface area contributed by atoms with E-state index in [1.165, 1.54) is 35.4 Å². The minimum Gasteiger partial charge on any atom is -0.490 e. The number of benzene rings is 1. The van der Waals surface area contributed by atoms with Crippen molar-refractivity contribution < 1.29 is 14.3 Å². The molecule has 0 aliphatic heterocycles. The van der Waals surface area contributed by atoms with Gasteiger partial charge >= 0.3 is 0 Å². The number of carbonyl (C=O) groups is 2. The van der Waals surface area contributed by atoms with Gasteiger partial charge in [0, 0.05) is 19.2 Å². The highest BCUT2D eigenvalue weighted by Gasteiger charge is 1.99. The Hall–Kier alpha value is -2.53. The van der Waals surface area contributed by atoms with Gasteiger partial charge in [0.1, 0.15) is 12.4 Å². The van der Waals surface area contributed by atoms with Crippen LogP contribution in [0.3, 0.4) is 0 Å². The molecule has 33 heavy (non-hydrogen) atoms. The third kappa shape index (κ3) is 15.8. The first-order valence-electron chi connectivity index (χ1n) is 11.5. The van der Waals surface area contributed by atoms with Crippen LogP contribution in [0, 0.1) is 0 Å². The molecule has 1 N–H and O–H groups in total.